The second-order valence-electron chi connectivity index (χ2n) is 1.90. The topological polar surface area (TPSA) is 37.9 Å². The predicted octanol–water partition coefficient (Wildman–Crippen LogP) is 1.65. The third kappa shape index (κ3) is 1.86. The van der Waals surface area contributed by atoms with Crippen LogP contribution in [0.5, 0.6) is 5.75 Å². The molecule has 3 nitrogen and oxygen atoms in total. The molecule has 0 amide bonds. The summed E-state index contributed by atoms with van der Waals surface area (Å²) in [6.07, 6.45) is -6.51. The molecule has 0 bridgehead atoms. The van der Waals surface area contributed by atoms with Gasteiger partial charge in [0, 0.05) is 0 Å². The summed E-state index contributed by atoms with van der Waals surface area (Å²) in [5, 5.41) is 5.38. The molecule has 0 saturated carbocycles. The molecule has 0 aliphatic heterocycles. The van der Waals surface area contributed by atoms with Gasteiger partial charge in [0.2, 0.25) is 0 Å². The molecule has 0 spiro atoms. The third-order valence-corrected chi connectivity index (χ3v) is 0.981. The Morgan fingerprint density at radius 1 is 1.50 bits per heavy atom. The summed E-state index contributed by atoms with van der Waals surface area (Å²) in [6.45, 7) is 0. The van der Waals surface area contributed by atoms with Crippen molar-refractivity contribution >= 4 is 0 Å². The van der Waals surface area contributed by atoms with E-state index >= 15 is 0 Å². The van der Waals surface area contributed by atoms with Crippen molar-refractivity contribution < 1.29 is 22.3 Å². The zero-order valence-electron chi connectivity index (χ0n) is 5.60. The molecule has 0 unspecified atom stereocenters. The first-order chi connectivity index (χ1) is 5.52. The van der Waals surface area contributed by atoms with Gasteiger partial charge >= 0.3 is 12.5 Å². The van der Waals surface area contributed by atoms with Crippen LogP contribution in [0, 0.1) is 0 Å². The van der Waals surface area contributed by atoms with Crippen LogP contribution in [0.1, 0.15) is 0 Å². The van der Waals surface area contributed by atoms with Gasteiger partial charge < -0.3 is 4.74 Å². The van der Waals surface area contributed by atoms with Crippen molar-refractivity contribution in [3.63, 3.8) is 0 Å². The van der Waals surface area contributed by atoms with Crippen molar-refractivity contribution in [1.82, 2.24) is 10.2 Å². The lowest BCUT2D eigenvalue weighted by molar-refractivity contribution is -0.253. The lowest BCUT2D eigenvalue weighted by Gasteiger charge is -2.14. The van der Waals surface area contributed by atoms with Crippen LogP contribution >= 0.6 is 0 Å². The molecule has 0 aromatic carbocycles. The summed E-state index contributed by atoms with van der Waals surface area (Å²) in [7, 11) is 0. The number of H-pyrrole nitrogens is 1. The van der Waals surface area contributed by atoms with Gasteiger partial charge in [0.15, 0.2) is 5.75 Å². The highest BCUT2D eigenvalue weighted by molar-refractivity contribution is 5.10. The third-order valence-electron chi connectivity index (χ3n) is 0.981. The van der Waals surface area contributed by atoms with Gasteiger partial charge in [-0.25, -0.2) is 0 Å². The molecule has 1 heterocycles. The maximum Gasteiger partial charge on any atom is 0.461 e. The van der Waals surface area contributed by atoms with Crippen molar-refractivity contribution in [2.24, 2.45) is 0 Å². The Bertz CT molecular complexity index is 236. The highest BCUT2D eigenvalue weighted by atomic mass is 19.3. The summed E-state index contributed by atoms with van der Waals surface area (Å²) in [4.78, 5) is 0. The van der Waals surface area contributed by atoms with Gasteiger partial charge in [0.1, 0.15) is 0 Å². The van der Waals surface area contributed by atoms with E-state index in [-0.39, 0.29) is 0 Å². The average molecular weight is 184 g/mol. The molecule has 0 atom stereocenters. The average Bonchev–Trinajstić information content (AvgIpc) is 2.38. The molecule has 1 N–H and O–H groups in total. The summed E-state index contributed by atoms with van der Waals surface area (Å²) in [5.74, 6) is -0.430. The number of aromatic amines is 1. The van der Waals surface area contributed by atoms with Crippen LogP contribution in [0.4, 0.5) is 17.6 Å². The zero-order valence-corrected chi connectivity index (χ0v) is 5.60. The van der Waals surface area contributed by atoms with Crippen LogP contribution in [0.3, 0.4) is 0 Å². The van der Waals surface area contributed by atoms with Crippen LogP contribution in [-0.2, 0) is 0 Å². The van der Waals surface area contributed by atoms with Crippen molar-refractivity contribution in [3.05, 3.63) is 12.4 Å². The first kappa shape index (κ1) is 8.82. The molecule has 68 valence electrons. The van der Waals surface area contributed by atoms with Crippen molar-refractivity contribution in [1.29, 1.82) is 0 Å². The minimum absolute atomic E-state index is 0.430. The smallest absolute Gasteiger partial charge is 0.425 e. The number of rotatable bonds is 3. The second kappa shape index (κ2) is 3.00. The number of ether oxygens (including phenoxy) is 1. The standard InChI is InChI=1S/C5H4F4N2O/c6-4(7)5(8,9)12-3-1-10-11-2-3/h1-2,4H,(H,10,11). The number of nitrogens with zero attached hydrogens (tertiary/aromatic N) is 1. The quantitative estimate of drug-likeness (QED) is 0.725. The van der Waals surface area contributed by atoms with Gasteiger partial charge in [-0.1, -0.05) is 0 Å². The Hall–Kier alpha value is -1.27. The van der Waals surface area contributed by atoms with Crippen molar-refractivity contribution in [2.75, 3.05) is 0 Å². The molecular formula is C5H4F4N2O. The van der Waals surface area contributed by atoms with E-state index in [4.69, 9.17) is 0 Å². The van der Waals surface area contributed by atoms with Gasteiger partial charge in [-0.3, -0.25) is 5.10 Å². The van der Waals surface area contributed by atoms with Gasteiger partial charge in [0.25, 0.3) is 0 Å². The van der Waals surface area contributed by atoms with Gasteiger partial charge in [-0.2, -0.15) is 22.7 Å². The molecule has 7 heteroatoms. The van der Waals surface area contributed by atoms with E-state index in [2.05, 4.69) is 14.9 Å². The number of aromatic nitrogens is 2. The van der Waals surface area contributed by atoms with Crippen molar-refractivity contribution in [2.45, 2.75) is 12.5 Å². The van der Waals surface area contributed by atoms with Crippen LogP contribution < -0.4 is 4.74 Å². The molecule has 0 fully saturated rings. The Labute approximate surface area is 64.3 Å². The predicted molar refractivity (Wildman–Crippen MR) is 30.2 cm³/mol. The zero-order chi connectivity index (χ0) is 9.19. The fourth-order valence-electron chi connectivity index (χ4n) is 0.497. The molecular weight excluding hydrogens is 180 g/mol. The van der Waals surface area contributed by atoms with Gasteiger partial charge in [-0.15, -0.1) is 0 Å². The minimum Gasteiger partial charge on any atom is -0.425 e. The molecule has 1 rings (SSSR count). The largest absolute Gasteiger partial charge is 0.461 e. The van der Waals surface area contributed by atoms with Gasteiger partial charge in [0.05, 0.1) is 12.4 Å². The Balaban J connectivity index is 2.62. The number of hydrogen-bond donors (Lipinski definition) is 1. The molecule has 0 aliphatic rings. The molecule has 1 aromatic heterocycles. The van der Waals surface area contributed by atoms with E-state index in [1.807, 2.05) is 0 Å². The van der Waals surface area contributed by atoms with E-state index in [1.54, 1.807) is 0 Å². The minimum atomic E-state index is -4.47. The van der Waals surface area contributed by atoms with E-state index in [0.29, 0.717) is 0 Å². The molecule has 0 saturated heterocycles. The first-order valence-corrected chi connectivity index (χ1v) is 2.86. The second-order valence-corrected chi connectivity index (χ2v) is 1.90. The van der Waals surface area contributed by atoms with E-state index < -0.39 is 18.3 Å². The number of hydrogen-bond acceptors (Lipinski definition) is 2. The van der Waals surface area contributed by atoms with E-state index in [9.17, 15) is 17.6 Å². The van der Waals surface area contributed by atoms with Crippen LogP contribution in [0.25, 0.3) is 0 Å². The molecule has 0 radical (unpaired) electrons. The lowest BCUT2D eigenvalue weighted by atomic mass is 10.6. The number of halogens is 4. The van der Waals surface area contributed by atoms with Crippen LogP contribution in [-0.4, -0.2) is 22.7 Å². The van der Waals surface area contributed by atoms with Crippen molar-refractivity contribution in [3.8, 4) is 5.75 Å². The normalized spacial score (nSPS) is 12.1. The monoisotopic (exact) mass is 184 g/mol. The van der Waals surface area contributed by atoms with E-state index in [1.165, 1.54) is 0 Å². The lowest BCUT2D eigenvalue weighted by Crippen LogP contribution is -2.33. The number of nitrogens with one attached hydrogen (secondary N) is 1. The Morgan fingerprint density at radius 2 is 2.17 bits per heavy atom. The summed E-state index contributed by atoms with van der Waals surface area (Å²) in [6, 6.07) is 0. The molecule has 12 heavy (non-hydrogen) atoms. The Morgan fingerprint density at radius 3 is 2.58 bits per heavy atom. The highest BCUT2D eigenvalue weighted by Gasteiger charge is 2.44. The summed E-state index contributed by atoms with van der Waals surface area (Å²) in [5.41, 5.74) is 0. The molecule has 0 aliphatic carbocycles. The maximum atomic E-state index is 12.1. The van der Waals surface area contributed by atoms with Gasteiger partial charge in [-0.05, 0) is 0 Å². The molecule has 1 aromatic rings. The maximum absolute atomic E-state index is 12.1. The number of alkyl halides is 4. The summed E-state index contributed by atoms with van der Waals surface area (Å²) < 4.78 is 50.8. The van der Waals surface area contributed by atoms with Crippen LogP contribution in [0.15, 0.2) is 12.4 Å². The fourth-order valence-corrected chi connectivity index (χ4v) is 0.497. The fraction of sp³-hybridized carbons (Fsp3) is 0.400. The first-order valence-electron chi connectivity index (χ1n) is 2.86. The van der Waals surface area contributed by atoms with Crippen LogP contribution in [0.2, 0.25) is 0 Å². The summed E-state index contributed by atoms with van der Waals surface area (Å²) >= 11 is 0. The Kier molecular flexibility index (Phi) is 2.20. The SMILES string of the molecule is FC(F)C(F)(F)Oc1cn[nH]c1. The van der Waals surface area contributed by atoms with E-state index in [0.717, 1.165) is 12.4 Å². The highest BCUT2D eigenvalue weighted by Crippen LogP contribution is 2.26.